The van der Waals surface area contributed by atoms with Gasteiger partial charge in [-0.2, -0.15) is 0 Å². The summed E-state index contributed by atoms with van der Waals surface area (Å²) in [6, 6.07) is 7.56. The fourth-order valence-electron chi connectivity index (χ4n) is 3.17. The summed E-state index contributed by atoms with van der Waals surface area (Å²) in [5.74, 6) is 0.682. The molecule has 5 nitrogen and oxygen atoms in total. The normalized spacial score (nSPS) is 23.6. The number of nitrogens with zero attached hydrogens (tertiary/aromatic N) is 1. The molecule has 2 fully saturated rings. The zero-order valence-electron chi connectivity index (χ0n) is 16.2. The van der Waals surface area contributed by atoms with E-state index in [0.717, 1.165) is 18.7 Å². The van der Waals surface area contributed by atoms with Gasteiger partial charge in [-0.05, 0) is 45.4 Å². The minimum atomic E-state index is -1.02. The van der Waals surface area contributed by atoms with Crippen LogP contribution in [0.4, 0.5) is 4.39 Å². The molecular formula is C19H28BFN2O3. The van der Waals surface area contributed by atoms with Crippen molar-refractivity contribution < 1.29 is 18.4 Å². The Morgan fingerprint density at radius 2 is 1.88 bits per heavy atom. The molecule has 2 N–H and O–H groups in total. The van der Waals surface area contributed by atoms with Crippen molar-refractivity contribution in [1.82, 2.24) is 4.90 Å². The van der Waals surface area contributed by atoms with Crippen LogP contribution in [0, 0.1) is 0 Å². The maximum Gasteiger partial charge on any atom is 0.525 e. The predicted octanol–water partition coefficient (Wildman–Crippen LogP) is 2.65. The van der Waals surface area contributed by atoms with Crippen LogP contribution in [0.15, 0.2) is 30.0 Å². The summed E-state index contributed by atoms with van der Waals surface area (Å²) < 4.78 is 32.6. The number of halogens is 1. The number of benzene rings is 1. The van der Waals surface area contributed by atoms with Gasteiger partial charge in [0.15, 0.2) is 0 Å². The third kappa shape index (κ3) is 3.67. The minimum Gasteiger partial charge on any atom is -0.497 e. The molecule has 2 saturated heterocycles. The summed E-state index contributed by atoms with van der Waals surface area (Å²) >= 11 is 0. The van der Waals surface area contributed by atoms with E-state index in [9.17, 15) is 0 Å². The van der Waals surface area contributed by atoms with Crippen LogP contribution in [0.5, 0.6) is 5.75 Å². The topological polar surface area (TPSA) is 57.0 Å². The van der Waals surface area contributed by atoms with E-state index in [-0.39, 0.29) is 6.04 Å². The zero-order valence-corrected chi connectivity index (χ0v) is 16.2. The number of hydrogen-bond donors (Lipinski definition) is 1. The molecule has 0 spiro atoms. The zero-order chi connectivity index (χ0) is 19.1. The van der Waals surface area contributed by atoms with Crippen LogP contribution in [-0.4, -0.2) is 56.0 Å². The fraction of sp³-hybridized carbons (Fsp3) is 0.579. The first-order valence-corrected chi connectivity index (χ1v) is 8.99. The van der Waals surface area contributed by atoms with Gasteiger partial charge in [-0.1, -0.05) is 12.1 Å². The van der Waals surface area contributed by atoms with Crippen molar-refractivity contribution in [3.05, 3.63) is 35.6 Å². The number of rotatable bonds is 5. The smallest absolute Gasteiger partial charge is 0.497 e. The first-order valence-electron chi connectivity index (χ1n) is 8.99. The Kier molecular flexibility index (Phi) is 5.18. The summed E-state index contributed by atoms with van der Waals surface area (Å²) in [7, 11) is 0.581. The summed E-state index contributed by atoms with van der Waals surface area (Å²) in [5, 5.41) is 0. The Bertz CT molecular complexity index is 686. The van der Waals surface area contributed by atoms with Crippen molar-refractivity contribution in [3.63, 3.8) is 0 Å². The molecule has 1 aromatic carbocycles. The lowest BCUT2D eigenvalue weighted by Crippen LogP contribution is -2.55. The Morgan fingerprint density at radius 1 is 1.27 bits per heavy atom. The van der Waals surface area contributed by atoms with Crippen molar-refractivity contribution in [1.29, 1.82) is 0 Å². The molecule has 0 bridgehead atoms. The van der Waals surface area contributed by atoms with E-state index in [4.69, 9.17) is 19.8 Å². The second kappa shape index (κ2) is 6.96. The number of nitrogens with two attached hydrogens (primary N) is 1. The van der Waals surface area contributed by atoms with E-state index in [1.54, 1.807) is 7.11 Å². The second-order valence-corrected chi connectivity index (χ2v) is 8.10. The van der Waals surface area contributed by atoms with Crippen molar-refractivity contribution in [2.45, 2.75) is 44.9 Å². The van der Waals surface area contributed by atoms with Gasteiger partial charge in [0.2, 0.25) is 0 Å². The molecule has 2 aliphatic rings. The highest BCUT2D eigenvalue weighted by atomic mass is 19.1. The molecule has 0 aliphatic carbocycles. The van der Waals surface area contributed by atoms with E-state index < -0.39 is 24.0 Å². The molecule has 0 radical (unpaired) electrons. The molecular weight excluding hydrogens is 334 g/mol. The summed E-state index contributed by atoms with van der Waals surface area (Å²) in [6.45, 7) is 9.63. The summed E-state index contributed by atoms with van der Waals surface area (Å²) in [4.78, 5) is 2.12. The van der Waals surface area contributed by atoms with E-state index in [2.05, 4.69) is 4.90 Å². The number of ether oxygens (including phenoxy) is 1. The molecule has 7 heteroatoms. The highest BCUT2D eigenvalue weighted by Crippen LogP contribution is 2.40. The van der Waals surface area contributed by atoms with Crippen LogP contribution in [0.25, 0.3) is 5.57 Å². The molecule has 0 atom stereocenters. The number of likely N-dealkylation sites (tertiary alicyclic amines) is 1. The maximum absolute atomic E-state index is 15.5. The van der Waals surface area contributed by atoms with Gasteiger partial charge >= 0.3 is 7.12 Å². The van der Waals surface area contributed by atoms with E-state index in [1.807, 2.05) is 52.0 Å². The van der Waals surface area contributed by atoms with E-state index in [1.165, 1.54) is 0 Å². The van der Waals surface area contributed by atoms with Gasteiger partial charge in [-0.25, -0.2) is 4.39 Å². The molecule has 0 saturated carbocycles. The summed E-state index contributed by atoms with van der Waals surface area (Å²) in [5.41, 5.74) is 5.62. The van der Waals surface area contributed by atoms with Crippen LogP contribution in [-0.2, 0) is 9.31 Å². The SMILES string of the molecule is COc1cccc(C(CN2CC(N)C2)=C(F)B2OC(C)(C)C(C)(C)O2)c1. The first kappa shape index (κ1) is 19.4. The monoisotopic (exact) mass is 362 g/mol. The van der Waals surface area contributed by atoms with Gasteiger partial charge in [0.25, 0.3) is 0 Å². The van der Waals surface area contributed by atoms with Crippen LogP contribution >= 0.6 is 0 Å². The van der Waals surface area contributed by atoms with Crippen LogP contribution in [0.1, 0.15) is 33.3 Å². The standard InChI is InChI=1S/C19H28BFN2O3/c1-18(2)19(3,4)26-20(25-18)17(21)16(12-23-10-14(22)11-23)13-7-6-8-15(9-13)24-5/h6-9,14H,10-12,22H2,1-5H3. The molecule has 142 valence electrons. The molecule has 0 amide bonds. The maximum atomic E-state index is 15.5. The van der Waals surface area contributed by atoms with Gasteiger partial charge in [-0.3, -0.25) is 4.90 Å². The average molecular weight is 362 g/mol. The van der Waals surface area contributed by atoms with Gasteiger partial charge in [0.05, 0.1) is 18.3 Å². The average Bonchev–Trinajstić information content (AvgIpc) is 2.78. The van der Waals surface area contributed by atoms with Gasteiger partial charge in [-0.15, -0.1) is 0 Å². The van der Waals surface area contributed by atoms with E-state index in [0.29, 0.717) is 17.9 Å². The third-order valence-corrected chi connectivity index (χ3v) is 5.53. The molecule has 2 aliphatic heterocycles. The van der Waals surface area contributed by atoms with Crippen LogP contribution in [0.3, 0.4) is 0 Å². The second-order valence-electron chi connectivity index (χ2n) is 8.10. The number of methoxy groups -OCH3 is 1. The largest absolute Gasteiger partial charge is 0.525 e. The summed E-state index contributed by atoms with van der Waals surface area (Å²) in [6.07, 6.45) is 0. The Morgan fingerprint density at radius 3 is 2.42 bits per heavy atom. The molecule has 2 heterocycles. The molecule has 0 unspecified atom stereocenters. The molecule has 0 aromatic heterocycles. The van der Waals surface area contributed by atoms with Crippen LogP contribution < -0.4 is 10.5 Å². The Hall–Kier alpha value is -1.41. The number of hydrogen-bond acceptors (Lipinski definition) is 5. The fourth-order valence-corrected chi connectivity index (χ4v) is 3.17. The van der Waals surface area contributed by atoms with Crippen molar-refractivity contribution >= 4 is 12.7 Å². The van der Waals surface area contributed by atoms with Gasteiger partial charge in [0, 0.05) is 31.2 Å². The van der Waals surface area contributed by atoms with Crippen molar-refractivity contribution in [2.75, 3.05) is 26.7 Å². The van der Waals surface area contributed by atoms with Gasteiger partial charge < -0.3 is 19.8 Å². The third-order valence-electron chi connectivity index (χ3n) is 5.53. The molecule has 26 heavy (non-hydrogen) atoms. The van der Waals surface area contributed by atoms with Crippen molar-refractivity contribution in [2.24, 2.45) is 5.73 Å². The minimum absolute atomic E-state index is 0.154. The van der Waals surface area contributed by atoms with Crippen molar-refractivity contribution in [3.8, 4) is 5.75 Å². The molecule has 3 rings (SSSR count). The highest BCUT2D eigenvalue weighted by molar-refractivity contribution is 6.55. The van der Waals surface area contributed by atoms with E-state index >= 15 is 4.39 Å². The lowest BCUT2D eigenvalue weighted by atomic mass is 9.82. The lowest BCUT2D eigenvalue weighted by molar-refractivity contribution is 0.00578. The quantitative estimate of drug-likeness (QED) is 0.817. The highest BCUT2D eigenvalue weighted by Gasteiger charge is 2.53. The first-order chi connectivity index (χ1) is 12.1. The van der Waals surface area contributed by atoms with Crippen LogP contribution in [0.2, 0.25) is 0 Å². The van der Waals surface area contributed by atoms with Gasteiger partial charge in [0.1, 0.15) is 11.5 Å². The lowest BCUT2D eigenvalue weighted by Gasteiger charge is -2.37. The Labute approximate surface area is 155 Å². The molecule has 1 aromatic rings. The predicted molar refractivity (Wildman–Crippen MR) is 102 cm³/mol. The Balaban J connectivity index is 1.94.